The normalized spacial score (nSPS) is 17.2. The van der Waals surface area contributed by atoms with Crippen LogP contribution in [0.2, 0.25) is 5.02 Å². The van der Waals surface area contributed by atoms with E-state index in [2.05, 4.69) is 5.32 Å². The number of amides is 1. The van der Waals surface area contributed by atoms with Crippen molar-refractivity contribution in [1.29, 1.82) is 0 Å². The van der Waals surface area contributed by atoms with E-state index in [4.69, 9.17) is 11.6 Å². The maximum Gasteiger partial charge on any atom is 0.234 e. The van der Waals surface area contributed by atoms with Gasteiger partial charge < -0.3 is 5.32 Å². The standard InChI is InChI=1S/C11H12ClFN2O/c12-9-2-1-3-10(13)8(9)6-15-5-4-14-11(16)7-15/h1-3H,4-7H2,(H,14,16). The first-order valence-corrected chi connectivity index (χ1v) is 5.46. The Labute approximate surface area is 98.2 Å². The van der Waals surface area contributed by atoms with Gasteiger partial charge in [0.15, 0.2) is 0 Å². The zero-order valence-corrected chi connectivity index (χ0v) is 9.43. The fourth-order valence-electron chi connectivity index (χ4n) is 1.73. The molecule has 0 bridgehead atoms. The van der Waals surface area contributed by atoms with Crippen molar-refractivity contribution < 1.29 is 9.18 Å². The van der Waals surface area contributed by atoms with E-state index >= 15 is 0 Å². The second kappa shape index (κ2) is 4.80. The summed E-state index contributed by atoms with van der Waals surface area (Å²) in [6.07, 6.45) is 0. The number of nitrogens with one attached hydrogen (secondary N) is 1. The summed E-state index contributed by atoms with van der Waals surface area (Å²) < 4.78 is 13.5. The van der Waals surface area contributed by atoms with Crippen LogP contribution in [-0.4, -0.2) is 30.4 Å². The summed E-state index contributed by atoms with van der Waals surface area (Å²) in [7, 11) is 0. The van der Waals surface area contributed by atoms with Crippen LogP contribution in [0.4, 0.5) is 4.39 Å². The predicted octanol–water partition coefficient (Wildman–Crippen LogP) is 1.41. The average molecular weight is 243 g/mol. The molecule has 0 spiro atoms. The molecule has 3 nitrogen and oxygen atoms in total. The molecule has 1 aromatic rings. The van der Waals surface area contributed by atoms with Crippen molar-refractivity contribution in [2.75, 3.05) is 19.6 Å². The first-order chi connectivity index (χ1) is 7.66. The van der Waals surface area contributed by atoms with Crippen LogP contribution in [-0.2, 0) is 11.3 Å². The lowest BCUT2D eigenvalue weighted by atomic mass is 10.2. The van der Waals surface area contributed by atoms with Crippen LogP contribution in [0, 0.1) is 5.82 Å². The number of nitrogens with zero attached hydrogens (tertiary/aromatic N) is 1. The molecule has 0 saturated carbocycles. The van der Waals surface area contributed by atoms with Crippen molar-refractivity contribution in [3.8, 4) is 0 Å². The molecule has 86 valence electrons. The van der Waals surface area contributed by atoms with Gasteiger partial charge in [0.2, 0.25) is 5.91 Å². The summed E-state index contributed by atoms with van der Waals surface area (Å²) in [6, 6.07) is 4.61. The minimum Gasteiger partial charge on any atom is -0.354 e. The highest BCUT2D eigenvalue weighted by atomic mass is 35.5. The van der Waals surface area contributed by atoms with E-state index in [-0.39, 0.29) is 11.7 Å². The zero-order chi connectivity index (χ0) is 11.5. The van der Waals surface area contributed by atoms with Crippen LogP contribution < -0.4 is 5.32 Å². The zero-order valence-electron chi connectivity index (χ0n) is 8.67. The molecule has 1 aromatic carbocycles. The number of piperazine rings is 1. The van der Waals surface area contributed by atoms with Crippen molar-refractivity contribution in [2.24, 2.45) is 0 Å². The Morgan fingerprint density at radius 1 is 1.50 bits per heavy atom. The lowest BCUT2D eigenvalue weighted by Gasteiger charge is -2.26. The van der Waals surface area contributed by atoms with Crippen molar-refractivity contribution in [3.63, 3.8) is 0 Å². The molecule has 1 N–H and O–H groups in total. The molecule has 2 rings (SSSR count). The fourth-order valence-corrected chi connectivity index (χ4v) is 1.96. The van der Waals surface area contributed by atoms with Gasteiger partial charge in [0.1, 0.15) is 5.82 Å². The topological polar surface area (TPSA) is 32.3 Å². The third-order valence-electron chi connectivity index (χ3n) is 2.56. The number of hydrogen-bond acceptors (Lipinski definition) is 2. The quantitative estimate of drug-likeness (QED) is 0.851. The Morgan fingerprint density at radius 2 is 2.31 bits per heavy atom. The van der Waals surface area contributed by atoms with Crippen LogP contribution in [0.5, 0.6) is 0 Å². The van der Waals surface area contributed by atoms with Gasteiger partial charge in [-0.1, -0.05) is 17.7 Å². The number of carbonyl (C=O) groups excluding carboxylic acids is 1. The smallest absolute Gasteiger partial charge is 0.234 e. The molecular weight excluding hydrogens is 231 g/mol. The lowest BCUT2D eigenvalue weighted by molar-refractivity contribution is -0.124. The lowest BCUT2D eigenvalue weighted by Crippen LogP contribution is -2.47. The van der Waals surface area contributed by atoms with Crippen molar-refractivity contribution in [1.82, 2.24) is 10.2 Å². The van der Waals surface area contributed by atoms with Crippen molar-refractivity contribution in [3.05, 3.63) is 34.6 Å². The molecule has 1 saturated heterocycles. The minimum atomic E-state index is -0.321. The van der Waals surface area contributed by atoms with E-state index in [0.29, 0.717) is 30.2 Å². The van der Waals surface area contributed by atoms with E-state index in [0.717, 1.165) is 6.54 Å². The van der Waals surface area contributed by atoms with Gasteiger partial charge >= 0.3 is 0 Å². The number of rotatable bonds is 2. The first kappa shape index (κ1) is 11.4. The van der Waals surface area contributed by atoms with Crippen LogP contribution >= 0.6 is 11.6 Å². The monoisotopic (exact) mass is 242 g/mol. The SMILES string of the molecule is O=C1CN(Cc2c(F)cccc2Cl)CCN1. The van der Waals surface area contributed by atoms with Crippen LogP contribution in [0.3, 0.4) is 0 Å². The third kappa shape index (κ3) is 2.51. The maximum atomic E-state index is 13.5. The second-order valence-electron chi connectivity index (χ2n) is 3.76. The number of benzene rings is 1. The van der Waals surface area contributed by atoms with Gasteiger partial charge in [0.25, 0.3) is 0 Å². The fraction of sp³-hybridized carbons (Fsp3) is 0.364. The second-order valence-corrected chi connectivity index (χ2v) is 4.17. The minimum absolute atomic E-state index is 0.0290. The largest absolute Gasteiger partial charge is 0.354 e. The van der Waals surface area contributed by atoms with Gasteiger partial charge in [0, 0.05) is 30.2 Å². The highest BCUT2D eigenvalue weighted by Gasteiger charge is 2.18. The van der Waals surface area contributed by atoms with Gasteiger partial charge in [-0.3, -0.25) is 9.69 Å². The summed E-state index contributed by atoms with van der Waals surface area (Å²) in [5.74, 6) is -0.350. The molecule has 1 aliphatic rings. The molecule has 0 unspecified atom stereocenters. The summed E-state index contributed by atoms with van der Waals surface area (Å²) >= 11 is 5.92. The van der Waals surface area contributed by atoms with E-state index in [1.165, 1.54) is 6.07 Å². The summed E-state index contributed by atoms with van der Waals surface area (Å²) in [5.41, 5.74) is 0.457. The van der Waals surface area contributed by atoms with Gasteiger partial charge in [-0.2, -0.15) is 0 Å². The van der Waals surface area contributed by atoms with E-state index in [1.807, 2.05) is 4.90 Å². The average Bonchev–Trinajstić information content (AvgIpc) is 2.24. The molecule has 1 amide bonds. The Kier molecular flexibility index (Phi) is 3.41. The van der Waals surface area contributed by atoms with E-state index < -0.39 is 0 Å². The van der Waals surface area contributed by atoms with Gasteiger partial charge in [0.05, 0.1) is 6.54 Å². The predicted molar refractivity (Wildman–Crippen MR) is 59.7 cm³/mol. The molecule has 0 aliphatic carbocycles. The molecular formula is C11H12ClFN2O. The molecule has 0 radical (unpaired) electrons. The van der Waals surface area contributed by atoms with Gasteiger partial charge in [-0.15, -0.1) is 0 Å². The number of carbonyl (C=O) groups is 1. The van der Waals surface area contributed by atoms with E-state index in [9.17, 15) is 9.18 Å². The summed E-state index contributed by atoms with van der Waals surface area (Å²) in [5, 5.41) is 3.13. The third-order valence-corrected chi connectivity index (χ3v) is 2.91. The van der Waals surface area contributed by atoms with E-state index in [1.54, 1.807) is 12.1 Å². The summed E-state index contributed by atoms with van der Waals surface area (Å²) in [4.78, 5) is 13.0. The molecule has 16 heavy (non-hydrogen) atoms. The van der Waals surface area contributed by atoms with Crippen molar-refractivity contribution >= 4 is 17.5 Å². The molecule has 1 heterocycles. The maximum absolute atomic E-state index is 13.5. The Balaban J connectivity index is 2.11. The van der Waals surface area contributed by atoms with Crippen LogP contribution in [0.1, 0.15) is 5.56 Å². The highest BCUT2D eigenvalue weighted by molar-refractivity contribution is 6.31. The molecule has 1 aliphatic heterocycles. The Bertz CT molecular complexity index is 391. The Morgan fingerprint density at radius 3 is 3.00 bits per heavy atom. The van der Waals surface area contributed by atoms with Gasteiger partial charge in [-0.25, -0.2) is 4.39 Å². The summed E-state index contributed by atoms with van der Waals surface area (Å²) in [6.45, 7) is 1.99. The van der Waals surface area contributed by atoms with Crippen molar-refractivity contribution in [2.45, 2.75) is 6.54 Å². The highest BCUT2D eigenvalue weighted by Crippen LogP contribution is 2.20. The first-order valence-electron chi connectivity index (χ1n) is 5.09. The molecule has 5 heteroatoms. The molecule has 0 atom stereocenters. The van der Waals surface area contributed by atoms with Crippen LogP contribution in [0.25, 0.3) is 0 Å². The number of halogens is 2. The number of hydrogen-bond donors (Lipinski definition) is 1. The molecule has 1 fully saturated rings. The molecule has 0 aromatic heterocycles. The van der Waals surface area contributed by atoms with Gasteiger partial charge in [-0.05, 0) is 12.1 Å². The Hall–Kier alpha value is -1.13. The van der Waals surface area contributed by atoms with Crippen LogP contribution in [0.15, 0.2) is 18.2 Å².